The van der Waals surface area contributed by atoms with Gasteiger partial charge in [0.1, 0.15) is 11.3 Å². The highest BCUT2D eigenvalue weighted by Gasteiger charge is 2.29. The molecule has 1 aliphatic carbocycles. The van der Waals surface area contributed by atoms with Gasteiger partial charge >= 0.3 is 5.97 Å². The van der Waals surface area contributed by atoms with Crippen LogP contribution in [-0.2, 0) is 0 Å². The van der Waals surface area contributed by atoms with E-state index in [0.717, 1.165) is 12.8 Å². The number of aromatic nitrogens is 1. The maximum atomic E-state index is 12.5. The van der Waals surface area contributed by atoms with Crippen LogP contribution < -0.4 is 10.2 Å². The summed E-state index contributed by atoms with van der Waals surface area (Å²) in [6.45, 7) is 1.72. The van der Waals surface area contributed by atoms with Gasteiger partial charge in [-0.15, -0.1) is 0 Å². The number of hydrogen-bond acceptors (Lipinski definition) is 3. The quantitative estimate of drug-likeness (QED) is 0.946. The maximum absolute atomic E-state index is 12.5. The molecule has 1 fully saturated rings. The van der Waals surface area contributed by atoms with Crippen LogP contribution in [0.1, 0.15) is 34.8 Å². The average Bonchev–Trinajstić information content (AvgIpc) is 3.26. The highest BCUT2D eigenvalue weighted by Crippen LogP contribution is 2.41. The zero-order chi connectivity index (χ0) is 15.3. The average molecular weight is 308 g/mol. The van der Waals surface area contributed by atoms with Crippen LogP contribution in [0, 0.1) is 6.92 Å². The molecule has 3 rings (SSSR count). The third-order valence-electron chi connectivity index (χ3n) is 3.85. The first-order chi connectivity index (χ1) is 9.95. The Morgan fingerprint density at radius 1 is 1.48 bits per heavy atom. The summed E-state index contributed by atoms with van der Waals surface area (Å²) in [6, 6.07) is 1.87. The smallest absolute Gasteiger partial charge is 0.341 e. The summed E-state index contributed by atoms with van der Waals surface area (Å²) in [5, 5.41) is 9.98. The van der Waals surface area contributed by atoms with Crippen LogP contribution in [0.4, 0.5) is 0 Å². The number of hydrogen-bond donors (Lipinski definition) is 1. The molecule has 0 radical (unpaired) electrons. The molecule has 1 aromatic heterocycles. The number of ether oxygens (including phenoxy) is 1. The molecule has 1 saturated carbocycles. The summed E-state index contributed by atoms with van der Waals surface area (Å²) < 4.78 is 7.18. The Hall–Kier alpha value is -2.01. The molecule has 21 heavy (non-hydrogen) atoms. The van der Waals surface area contributed by atoms with Gasteiger partial charge in [-0.2, -0.15) is 0 Å². The summed E-state index contributed by atoms with van der Waals surface area (Å²) in [5.41, 5.74) is 0.446. The van der Waals surface area contributed by atoms with Crippen LogP contribution in [0.15, 0.2) is 17.1 Å². The number of pyridine rings is 1. The van der Waals surface area contributed by atoms with Crippen molar-refractivity contribution in [1.29, 1.82) is 0 Å². The topological polar surface area (TPSA) is 68.5 Å². The van der Waals surface area contributed by atoms with E-state index in [9.17, 15) is 14.7 Å². The van der Waals surface area contributed by atoms with Gasteiger partial charge in [-0.05, 0) is 25.3 Å². The molecule has 1 aliphatic rings. The lowest BCUT2D eigenvalue weighted by molar-refractivity contribution is 0.0695. The number of rotatable bonds is 3. The molecule has 0 unspecified atom stereocenters. The van der Waals surface area contributed by atoms with Gasteiger partial charge in [0.15, 0.2) is 0 Å². The normalized spacial score (nSPS) is 14.4. The van der Waals surface area contributed by atoms with Crippen LogP contribution in [0.25, 0.3) is 10.9 Å². The Labute approximate surface area is 125 Å². The number of nitrogens with zero attached hydrogens (tertiary/aromatic N) is 1. The Kier molecular flexibility index (Phi) is 3.17. The van der Waals surface area contributed by atoms with E-state index in [-0.39, 0.29) is 11.6 Å². The van der Waals surface area contributed by atoms with Gasteiger partial charge in [0, 0.05) is 23.3 Å². The van der Waals surface area contributed by atoms with Gasteiger partial charge in [0.25, 0.3) is 0 Å². The maximum Gasteiger partial charge on any atom is 0.341 e. The largest absolute Gasteiger partial charge is 0.494 e. The second kappa shape index (κ2) is 4.77. The minimum atomic E-state index is -1.23. The standard InChI is InChI=1S/C15H14ClNO4/c1-7-10(16)5-11(21-2)13-12(7)14(18)9(15(19)20)6-17(13)8-3-4-8/h5-6,8H,3-4H2,1-2H3,(H,19,20). The molecule has 110 valence electrons. The van der Waals surface area contributed by atoms with Gasteiger partial charge in [0.2, 0.25) is 5.43 Å². The van der Waals surface area contributed by atoms with Crippen LogP contribution in [0.5, 0.6) is 5.75 Å². The zero-order valence-electron chi connectivity index (χ0n) is 11.6. The summed E-state index contributed by atoms with van der Waals surface area (Å²) in [6.07, 6.45) is 3.34. The molecular formula is C15H14ClNO4. The Morgan fingerprint density at radius 2 is 2.14 bits per heavy atom. The lowest BCUT2D eigenvalue weighted by Gasteiger charge is -2.16. The molecule has 0 saturated heterocycles. The van der Waals surface area contributed by atoms with Crippen LogP contribution >= 0.6 is 11.6 Å². The molecule has 0 amide bonds. The number of carboxylic acid groups (broad SMARTS) is 1. The molecule has 0 spiro atoms. The fourth-order valence-electron chi connectivity index (χ4n) is 2.59. The van der Waals surface area contributed by atoms with Crippen LogP contribution in [-0.4, -0.2) is 22.8 Å². The van der Waals surface area contributed by atoms with Gasteiger partial charge in [-0.25, -0.2) is 4.79 Å². The number of aryl methyl sites for hydroxylation is 1. The molecule has 5 nitrogen and oxygen atoms in total. The second-order valence-electron chi connectivity index (χ2n) is 5.22. The summed E-state index contributed by atoms with van der Waals surface area (Å²) in [4.78, 5) is 23.8. The molecule has 1 aromatic carbocycles. The van der Waals surface area contributed by atoms with Gasteiger partial charge < -0.3 is 14.4 Å². The monoisotopic (exact) mass is 307 g/mol. The van der Waals surface area contributed by atoms with Crippen LogP contribution in [0.2, 0.25) is 5.02 Å². The third kappa shape index (κ3) is 2.08. The predicted octanol–water partition coefficient (Wildman–Crippen LogP) is 3.01. The SMILES string of the molecule is COc1cc(Cl)c(C)c2c(=O)c(C(=O)O)cn(C3CC3)c12. The number of carbonyl (C=O) groups is 1. The third-order valence-corrected chi connectivity index (χ3v) is 4.24. The minimum Gasteiger partial charge on any atom is -0.494 e. The molecule has 0 bridgehead atoms. The van der Waals surface area contributed by atoms with Crippen molar-refractivity contribution < 1.29 is 14.6 Å². The molecule has 1 heterocycles. The van der Waals surface area contributed by atoms with Crippen molar-refractivity contribution >= 4 is 28.5 Å². The van der Waals surface area contributed by atoms with Gasteiger partial charge in [-0.1, -0.05) is 11.6 Å². The summed E-state index contributed by atoms with van der Waals surface area (Å²) in [5.74, 6) is -0.740. The van der Waals surface area contributed by atoms with E-state index in [1.807, 2.05) is 4.57 Å². The Morgan fingerprint density at radius 3 is 2.67 bits per heavy atom. The van der Waals surface area contributed by atoms with Crippen molar-refractivity contribution in [3.63, 3.8) is 0 Å². The van der Waals surface area contributed by atoms with Crippen LogP contribution in [0.3, 0.4) is 0 Å². The summed E-state index contributed by atoms with van der Waals surface area (Å²) >= 11 is 6.15. The number of carboxylic acids is 1. The molecule has 2 aromatic rings. The fourth-order valence-corrected chi connectivity index (χ4v) is 2.79. The molecule has 6 heteroatoms. The molecular weight excluding hydrogens is 294 g/mol. The van der Waals surface area contributed by atoms with Crippen molar-refractivity contribution in [2.45, 2.75) is 25.8 Å². The Balaban J connectivity index is 2.55. The van der Waals surface area contributed by atoms with Crippen molar-refractivity contribution in [3.05, 3.63) is 38.6 Å². The fraction of sp³-hybridized carbons (Fsp3) is 0.333. The van der Waals surface area contributed by atoms with E-state index in [0.29, 0.717) is 27.2 Å². The number of aromatic carboxylic acids is 1. The first kappa shape index (κ1) is 13.9. The van der Waals surface area contributed by atoms with Crippen molar-refractivity contribution in [1.82, 2.24) is 4.57 Å². The van der Waals surface area contributed by atoms with Crippen molar-refractivity contribution in [2.24, 2.45) is 0 Å². The second-order valence-corrected chi connectivity index (χ2v) is 5.63. The number of methoxy groups -OCH3 is 1. The van der Waals surface area contributed by atoms with Gasteiger partial charge in [0.05, 0.1) is 18.0 Å². The molecule has 0 aliphatic heterocycles. The molecule has 1 N–H and O–H groups in total. The van der Waals surface area contributed by atoms with Gasteiger partial charge in [-0.3, -0.25) is 4.79 Å². The van der Waals surface area contributed by atoms with E-state index < -0.39 is 11.4 Å². The first-order valence-electron chi connectivity index (χ1n) is 6.61. The highest BCUT2D eigenvalue weighted by atomic mass is 35.5. The zero-order valence-corrected chi connectivity index (χ0v) is 12.4. The van der Waals surface area contributed by atoms with Crippen molar-refractivity contribution in [3.8, 4) is 5.75 Å². The van der Waals surface area contributed by atoms with E-state index in [4.69, 9.17) is 16.3 Å². The number of fused-ring (bicyclic) bond motifs is 1. The van der Waals surface area contributed by atoms with E-state index in [2.05, 4.69) is 0 Å². The van der Waals surface area contributed by atoms with E-state index >= 15 is 0 Å². The Bertz CT molecular complexity index is 821. The summed E-state index contributed by atoms with van der Waals surface area (Å²) in [7, 11) is 1.51. The lowest BCUT2D eigenvalue weighted by Crippen LogP contribution is -2.20. The van der Waals surface area contributed by atoms with E-state index in [1.165, 1.54) is 13.3 Å². The van der Waals surface area contributed by atoms with Crippen molar-refractivity contribution in [2.75, 3.05) is 7.11 Å². The predicted molar refractivity (Wildman–Crippen MR) is 79.7 cm³/mol. The van der Waals surface area contributed by atoms with E-state index in [1.54, 1.807) is 13.0 Å². The highest BCUT2D eigenvalue weighted by molar-refractivity contribution is 6.32. The minimum absolute atomic E-state index is 0.209. The lowest BCUT2D eigenvalue weighted by atomic mass is 10.0. The molecule has 0 atom stereocenters. The number of benzene rings is 1. The first-order valence-corrected chi connectivity index (χ1v) is 6.98. The number of halogens is 1.